The van der Waals surface area contributed by atoms with Gasteiger partial charge in [-0.2, -0.15) is 0 Å². The van der Waals surface area contributed by atoms with Crippen molar-refractivity contribution in [2.24, 2.45) is 0 Å². The van der Waals surface area contributed by atoms with E-state index >= 15 is 0 Å². The zero-order chi connectivity index (χ0) is 26.4. The number of amides is 1. The third-order valence-electron chi connectivity index (χ3n) is 6.71. The first kappa shape index (κ1) is 26.1. The van der Waals surface area contributed by atoms with E-state index in [0.29, 0.717) is 36.6 Å². The molecule has 1 fully saturated rings. The number of aliphatic hydroxyl groups excluding tert-OH is 1. The van der Waals surface area contributed by atoms with Crippen molar-refractivity contribution in [3.05, 3.63) is 101 Å². The Kier molecular flexibility index (Phi) is 8.36. The number of hydrogen-bond donors (Lipinski definition) is 1. The van der Waals surface area contributed by atoms with Crippen LogP contribution in [0.15, 0.2) is 78.6 Å². The van der Waals surface area contributed by atoms with E-state index in [9.17, 15) is 14.7 Å². The number of pyridine rings is 1. The molecule has 7 heteroatoms. The topological polar surface area (TPSA) is 83.0 Å². The summed E-state index contributed by atoms with van der Waals surface area (Å²) in [7, 11) is 0. The summed E-state index contributed by atoms with van der Waals surface area (Å²) in [5, 5.41) is 11.3. The van der Waals surface area contributed by atoms with Gasteiger partial charge in [0.1, 0.15) is 18.1 Å². The highest BCUT2D eigenvalue weighted by Crippen LogP contribution is 2.39. The standard InChI is InChI=1S/C30H33N3O4/c1-4-32(5-2)16-17-33-27(24-10-7-15-31-19-24)26(29(35)30(33)36)28(34)23-11-13-25(14-12-23)37-20-22-9-6-8-21(3)18-22/h6-15,18-19,27,34H,4-5,16-17,20H2,1-3H3. The number of likely N-dealkylation sites (tertiary alicyclic amines) is 1. The molecule has 37 heavy (non-hydrogen) atoms. The van der Waals surface area contributed by atoms with Gasteiger partial charge in [0, 0.05) is 31.0 Å². The highest BCUT2D eigenvalue weighted by Gasteiger charge is 2.46. The van der Waals surface area contributed by atoms with Crippen LogP contribution in [0.3, 0.4) is 0 Å². The number of hydrogen-bond acceptors (Lipinski definition) is 6. The smallest absolute Gasteiger partial charge is 0.295 e. The Morgan fingerprint density at radius 2 is 1.81 bits per heavy atom. The highest BCUT2D eigenvalue weighted by atomic mass is 16.5. The van der Waals surface area contributed by atoms with Gasteiger partial charge in [-0.05, 0) is 61.5 Å². The largest absolute Gasteiger partial charge is 0.507 e. The van der Waals surface area contributed by atoms with Gasteiger partial charge in [-0.15, -0.1) is 0 Å². The average molecular weight is 500 g/mol. The molecule has 7 nitrogen and oxygen atoms in total. The number of aryl methyl sites for hydroxylation is 1. The molecule has 2 aromatic carbocycles. The number of aliphatic hydroxyl groups is 1. The van der Waals surface area contributed by atoms with Crippen molar-refractivity contribution < 1.29 is 19.4 Å². The summed E-state index contributed by atoms with van der Waals surface area (Å²) < 4.78 is 5.89. The normalized spacial score (nSPS) is 17.0. The van der Waals surface area contributed by atoms with Gasteiger partial charge in [0.25, 0.3) is 11.7 Å². The molecule has 192 valence electrons. The van der Waals surface area contributed by atoms with E-state index in [1.54, 1.807) is 47.6 Å². The van der Waals surface area contributed by atoms with Crippen LogP contribution >= 0.6 is 0 Å². The molecule has 4 rings (SSSR count). The Labute approximate surface area is 218 Å². The summed E-state index contributed by atoms with van der Waals surface area (Å²) in [6.45, 7) is 9.26. The Morgan fingerprint density at radius 1 is 1.05 bits per heavy atom. The fourth-order valence-corrected chi connectivity index (χ4v) is 4.62. The van der Waals surface area contributed by atoms with Gasteiger partial charge < -0.3 is 19.6 Å². The van der Waals surface area contributed by atoms with E-state index in [1.165, 1.54) is 0 Å². The van der Waals surface area contributed by atoms with Gasteiger partial charge in [0.15, 0.2) is 0 Å². The van der Waals surface area contributed by atoms with Crippen LogP contribution in [0.1, 0.15) is 42.1 Å². The Bertz CT molecular complexity index is 1270. The lowest BCUT2D eigenvalue weighted by atomic mass is 9.96. The summed E-state index contributed by atoms with van der Waals surface area (Å²) in [6, 6.07) is 17.9. The molecule has 1 atom stereocenters. The quantitative estimate of drug-likeness (QED) is 0.247. The van der Waals surface area contributed by atoms with Gasteiger partial charge in [-0.3, -0.25) is 14.6 Å². The number of carbonyl (C=O) groups is 2. The number of Topliss-reactive ketones (excluding diaryl/α,β-unsaturated/α-hetero) is 1. The lowest BCUT2D eigenvalue weighted by Gasteiger charge is -2.28. The summed E-state index contributed by atoms with van der Waals surface area (Å²) in [4.78, 5) is 34.2. The van der Waals surface area contributed by atoms with E-state index in [1.807, 2.05) is 31.2 Å². The number of carbonyl (C=O) groups excluding carboxylic acids is 2. The van der Waals surface area contributed by atoms with E-state index in [-0.39, 0.29) is 11.3 Å². The molecule has 0 spiro atoms. The number of likely N-dealkylation sites (N-methyl/N-ethyl adjacent to an activating group) is 1. The van der Waals surface area contributed by atoms with Crippen LogP contribution in [0.25, 0.3) is 5.76 Å². The monoisotopic (exact) mass is 499 g/mol. The first-order chi connectivity index (χ1) is 17.9. The van der Waals surface area contributed by atoms with Crippen LogP contribution < -0.4 is 4.74 Å². The van der Waals surface area contributed by atoms with Gasteiger partial charge in [0.2, 0.25) is 0 Å². The summed E-state index contributed by atoms with van der Waals surface area (Å²) in [6.07, 6.45) is 3.28. The maximum atomic E-state index is 13.2. The van der Waals surface area contributed by atoms with Crippen molar-refractivity contribution in [3.8, 4) is 5.75 Å². The molecule has 1 aromatic heterocycles. The molecule has 1 saturated heterocycles. The van der Waals surface area contributed by atoms with Crippen molar-refractivity contribution in [1.82, 2.24) is 14.8 Å². The second-order valence-electron chi connectivity index (χ2n) is 9.11. The summed E-state index contributed by atoms with van der Waals surface area (Å²) >= 11 is 0. The molecule has 1 aliphatic heterocycles. The number of rotatable bonds is 10. The molecule has 1 aliphatic rings. The van der Waals surface area contributed by atoms with Crippen LogP contribution in [0, 0.1) is 6.92 Å². The van der Waals surface area contributed by atoms with Crippen LogP contribution in [-0.2, 0) is 16.2 Å². The fraction of sp³-hybridized carbons (Fsp3) is 0.300. The van der Waals surface area contributed by atoms with Crippen molar-refractivity contribution in [3.63, 3.8) is 0 Å². The number of benzene rings is 2. The molecule has 1 unspecified atom stereocenters. The van der Waals surface area contributed by atoms with Crippen LogP contribution in [-0.4, -0.2) is 57.8 Å². The second-order valence-corrected chi connectivity index (χ2v) is 9.11. The lowest BCUT2D eigenvalue weighted by Crippen LogP contribution is -2.38. The van der Waals surface area contributed by atoms with E-state index in [4.69, 9.17) is 4.74 Å². The molecule has 0 aliphatic carbocycles. The van der Waals surface area contributed by atoms with E-state index in [0.717, 1.165) is 24.2 Å². The number of ether oxygens (including phenoxy) is 1. The zero-order valence-corrected chi connectivity index (χ0v) is 21.6. The van der Waals surface area contributed by atoms with Crippen LogP contribution in [0.2, 0.25) is 0 Å². The van der Waals surface area contributed by atoms with Gasteiger partial charge >= 0.3 is 0 Å². The third kappa shape index (κ3) is 5.89. The molecule has 0 saturated carbocycles. The number of aromatic nitrogens is 1. The second kappa shape index (κ2) is 11.8. The predicted octanol–water partition coefficient (Wildman–Crippen LogP) is 4.73. The maximum absolute atomic E-state index is 13.2. The molecule has 3 aromatic rings. The Morgan fingerprint density at radius 3 is 2.46 bits per heavy atom. The van der Waals surface area contributed by atoms with E-state index in [2.05, 4.69) is 29.8 Å². The van der Waals surface area contributed by atoms with Crippen molar-refractivity contribution in [2.45, 2.75) is 33.4 Å². The minimum absolute atomic E-state index is 0.0750. The molecule has 2 heterocycles. The zero-order valence-electron chi connectivity index (χ0n) is 21.6. The number of nitrogens with zero attached hydrogens (tertiary/aromatic N) is 3. The molecule has 0 radical (unpaired) electrons. The van der Waals surface area contributed by atoms with Gasteiger partial charge in [0.05, 0.1) is 11.6 Å². The minimum Gasteiger partial charge on any atom is -0.507 e. The fourth-order valence-electron chi connectivity index (χ4n) is 4.62. The predicted molar refractivity (Wildman–Crippen MR) is 143 cm³/mol. The molecule has 0 bridgehead atoms. The van der Waals surface area contributed by atoms with Crippen molar-refractivity contribution >= 4 is 17.4 Å². The Balaban J connectivity index is 1.61. The highest BCUT2D eigenvalue weighted by molar-refractivity contribution is 6.46. The van der Waals surface area contributed by atoms with Gasteiger partial charge in [-0.25, -0.2) is 0 Å². The number of ketones is 1. The third-order valence-corrected chi connectivity index (χ3v) is 6.71. The first-order valence-electron chi connectivity index (χ1n) is 12.6. The van der Waals surface area contributed by atoms with E-state index < -0.39 is 17.7 Å². The van der Waals surface area contributed by atoms with Crippen molar-refractivity contribution in [1.29, 1.82) is 0 Å². The van der Waals surface area contributed by atoms with Crippen LogP contribution in [0.5, 0.6) is 5.75 Å². The van der Waals surface area contributed by atoms with Crippen molar-refractivity contribution in [2.75, 3.05) is 26.2 Å². The average Bonchev–Trinajstić information content (AvgIpc) is 3.18. The first-order valence-corrected chi connectivity index (χ1v) is 12.6. The molecule has 1 amide bonds. The minimum atomic E-state index is -0.707. The van der Waals surface area contributed by atoms with Gasteiger partial charge in [-0.1, -0.05) is 49.7 Å². The molecular weight excluding hydrogens is 466 g/mol. The Hall–Kier alpha value is -3.97. The lowest BCUT2D eigenvalue weighted by molar-refractivity contribution is -0.140. The SMILES string of the molecule is CCN(CC)CCN1C(=O)C(=O)C(=C(O)c2ccc(OCc3cccc(C)c3)cc2)C1c1cccnc1. The van der Waals surface area contributed by atoms with Crippen LogP contribution in [0.4, 0.5) is 0 Å². The summed E-state index contributed by atoms with van der Waals surface area (Å²) in [5.41, 5.74) is 3.43. The summed E-state index contributed by atoms with van der Waals surface area (Å²) in [5.74, 6) is -0.865. The molecule has 1 N–H and O–H groups in total. The molecular formula is C30H33N3O4. The maximum Gasteiger partial charge on any atom is 0.295 e.